The van der Waals surface area contributed by atoms with Crippen LogP contribution in [0.15, 0.2) is 48.5 Å². The first-order valence-corrected chi connectivity index (χ1v) is 10.3. The lowest BCUT2D eigenvalue weighted by Gasteiger charge is -2.10. The summed E-state index contributed by atoms with van der Waals surface area (Å²) in [5, 5.41) is 12.3. The fraction of sp³-hybridized carbons (Fsp3) is 0.375. The fourth-order valence-electron chi connectivity index (χ4n) is 2.07. The van der Waals surface area contributed by atoms with Crippen LogP contribution in [0.25, 0.3) is 0 Å². The van der Waals surface area contributed by atoms with Crippen molar-refractivity contribution < 1.29 is 29.0 Å². The van der Waals surface area contributed by atoms with E-state index in [9.17, 15) is 14.4 Å². The summed E-state index contributed by atoms with van der Waals surface area (Å²) < 4.78 is 9.71. The Balaban J connectivity index is 0.00000144. The predicted octanol–water partition coefficient (Wildman–Crippen LogP) is 5.10. The van der Waals surface area contributed by atoms with Crippen LogP contribution in [0.4, 0.5) is 16.2 Å². The van der Waals surface area contributed by atoms with Crippen LogP contribution in [0, 0.1) is 0 Å². The molecule has 0 bridgehead atoms. The first-order valence-electron chi connectivity index (χ1n) is 10.3. The number of urea groups is 1. The molecule has 0 aliphatic heterocycles. The first-order chi connectivity index (χ1) is 15.3. The zero-order valence-electron chi connectivity index (χ0n) is 19.6. The zero-order valence-corrected chi connectivity index (χ0v) is 19.6. The van der Waals surface area contributed by atoms with Gasteiger partial charge in [0, 0.05) is 18.5 Å². The lowest BCUT2D eigenvalue weighted by atomic mass is 10.2. The molecule has 0 aliphatic carbocycles. The second kappa shape index (κ2) is 16.3. The van der Waals surface area contributed by atoms with E-state index in [1.54, 1.807) is 62.4 Å². The minimum Gasteiger partial charge on any atom is -0.465 e. The zero-order chi connectivity index (χ0) is 24.5. The van der Waals surface area contributed by atoms with Crippen molar-refractivity contribution in [1.82, 2.24) is 0 Å². The van der Waals surface area contributed by atoms with Crippen molar-refractivity contribution in [1.29, 1.82) is 0 Å². The number of anilines is 2. The smallest absolute Gasteiger partial charge is 0.338 e. The Bertz CT molecular complexity index is 815. The number of aliphatic hydroxyl groups is 1. The number of nitrogens with one attached hydrogen (secondary N) is 2. The van der Waals surface area contributed by atoms with Gasteiger partial charge >= 0.3 is 18.0 Å². The number of unbranched alkanes of at least 4 members (excludes halogenated alkanes) is 1. The van der Waals surface area contributed by atoms with E-state index in [4.69, 9.17) is 9.84 Å². The second-order valence-corrected chi connectivity index (χ2v) is 6.68. The largest absolute Gasteiger partial charge is 0.465 e. The minimum atomic E-state index is -0.451. The maximum Gasteiger partial charge on any atom is 0.338 e. The van der Waals surface area contributed by atoms with Crippen molar-refractivity contribution in [2.75, 3.05) is 24.9 Å². The first kappa shape index (κ1) is 28.6. The van der Waals surface area contributed by atoms with Crippen molar-refractivity contribution in [3.63, 3.8) is 0 Å². The number of carbonyl (C=O) groups excluding carboxylic acids is 3. The van der Waals surface area contributed by atoms with Crippen LogP contribution < -0.4 is 10.6 Å². The molecule has 0 unspecified atom stereocenters. The highest BCUT2D eigenvalue weighted by molar-refractivity contribution is 6.00. The van der Waals surface area contributed by atoms with Crippen molar-refractivity contribution in [3.8, 4) is 0 Å². The van der Waals surface area contributed by atoms with E-state index < -0.39 is 18.0 Å². The summed E-state index contributed by atoms with van der Waals surface area (Å²) >= 11 is 0. The van der Waals surface area contributed by atoms with Crippen molar-refractivity contribution >= 4 is 29.3 Å². The van der Waals surface area contributed by atoms with Gasteiger partial charge in [0.2, 0.25) is 0 Å². The Labute approximate surface area is 189 Å². The monoisotopic (exact) mass is 446 g/mol. The summed E-state index contributed by atoms with van der Waals surface area (Å²) in [6.07, 6.45) is 2.44. The molecule has 0 spiro atoms. The van der Waals surface area contributed by atoms with Crippen LogP contribution in [0.5, 0.6) is 0 Å². The van der Waals surface area contributed by atoms with Gasteiger partial charge in [0.05, 0.1) is 24.3 Å². The van der Waals surface area contributed by atoms with Gasteiger partial charge in [-0.1, -0.05) is 26.7 Å². The number of amides is 2. The molecule has 3 N–H and O–H groups in total. The Morgan fingerprint density at radius 2 is 1.16 bits per heavy atom. The quantitative estimate of drug-likeness (QED) is 0.532. The second-order valence-electron chi connectivity index (χ2n) is 6.68. The molecule has 0 radical (unpaired) electrons. The van der Waals surface area contributed by atoms with Crippen molar-refractivity contribution in [2.24, 2.45) is 0 Å². The minimum absolute atomic E-state index is 0.198. The molecule has 0 fully saturated rings. The number of aliphatic hydroxyl groups excluding tert-OH is 1. The highest BCUT2D eigenvalue weighted by atomic mass is 16.5. The van der Waals surface area contributed by atoms with Gasteiger partial charge in [0.1, 0.15) is 0 Å². The molecule has 2 amide bonds. The summed E-state index contributed by atoms with van der Waals surface area (Å²) in [5.41, 5.74) is 1.84. The SMILES string of the molecule is CCCC.CO.COC(=O)c1ccc(NC(=O)Nc2ccc(C(=O)OC(C)C)cc2)cc1. The van der Waals surface area contributed by atoms with Crippen molar-refractivity contribution in [3.05, 3.63) is 59.7 Å². The summed E-state index contributed by atoms with van der Waals surface area (Å²) in [7, 11) is 2.30. The highest BCUT2D eigenvalue weighted by Crippen LogP contribution is 2.14. The van der Waals surface area contributed by atoms with Crippen LogP contribution in [-0.4, -0.2) is 43.4 Å². The normalized spacial score (nSPS) is 9.38. The highest BCUT2D eigenvalue weighted by Gasteiger charge is 2.10. The van der Waals surface area contributed by atoms with Crippen molar-refractivity contribution in [2.45, 2.75) is 46.6 Å². The number of methoxy groups -OCH3 is 1. The van der Waals surface area contributed by atoms with Crippen LogP contribution in [0.3, 0.4) is 0 Å². The van der Waals surface area contributed by atoms with Gasteiger partial charge in [0.25, 0.3) is 0 Å². The molecule has 0 atom stereocenters. The van der Waals surface area contributed by atoms with E-state index in [1.165, 1.54) is 20.0 Å². The van der Waals surface area contributed by atoms with E-state index in [1.807, 2.05) is 0 Å². The van der Waals surface area contributed by atoms with E-state index in [-0.39, 0.29) is 6.10 Å². The van der Waals surface area contributed by atoms with Gasteiger partial charge in [0.15, 0.2) is 0 Å². The maximum atomic E-state index is 12.0. The van der Waals surface area contributed by atoms with Gasteiger partial charge in [-0.25, -0.2) is 14.4 Å². The Morgan fingerprint density at radius 1 is 0.781 bits per heavy atom. The number of benzene rings is 2. The fourth-order valence-corrected chi connectivity index (χ4v) is 2.07. The third-order valence-electron chi connectivity index (χ3n) is 3.79. The molecule has 32 heavy (non-hydrogen) atoms. The molecule has 0 aliphatic rings. The van der Waals surface area contributed by atoms with E-state index in [0.29, 0.717) is 22.5 Å². The average Bonchev–Trinajstić information content (AvgIpc) is 2.80. The molecule has 2 aromatic rings. The number of rotatable bonds is 6. The molecule has 8 heteroatoms. The van der Waals surface area contributed by atoms with Gasteiger partial charge in [-0.05, 0) is 62.4 Å². The third-order valence-corrected chi connectivity index (χ3v) is 3.79. The molecule has 8 nitrogen and oxygen atoms in total. The van der Waals surface area contributed by atoms with E-state index in [2.05, 4.69) is 29.2 Å². The Hall–Kier alpha value is -3.39. The van der Waals surface area contributed by atoms with Crippen LogP contribution in [0.1, 0.15) is 61.3 Å². The molecular formula is C24H34N2O6. The summed E-state index contributed by atoms with van der Waals surface area (Å²) in [4.78, 5) is 35.2. The number of ether oxygens (including phenoxy) is 2. The van der Waals surface area contributed by atoms with E-state index in [0.717, 1.165) is 7.11 Å². The number of hydrogen-bond acceptors (Lipinski definition) is 6. The van der Waals surface area contributed by atoms with Gasteiger partial charge < -0.3 is 25.2 Å². The Kier molecular flexibility index (Phi) is 14.6. The number of carbonyl (C=O) groups is 3. The van der Waals surface area contributed by atoms with Crippen LogP contribution in [-0.2, 0) is 9.47 Å². The van der Waals surface area contributed by atoms with Crippen LogP contribution in [0.2, 0.25) is 0 Å². The Morgan fingerprint density at radius 3 is 1.47 bits per heavy atom. The molecule has 0 saturated heterocycles. The van der Waals surface area contributed by atoms with Crippen LogP contribution >= 0.6 is 0 Å². The van der Waals surface area contributed by atoms with Gasteiger partial charge in [-0.15, -0.1) is 0 Å². The number of esters is 2. The number of hydrogen-bond donors (Lipinski definition) is 3. The summed E-state index contributed by atoms with van der Waals surface area (Å²) in [6, 6.07) is 12.2. The molecule has 0 saturated carbocycles. The maximum absolute atomic E-state index is 12.0. The predicted molar refractivity (Wildman–Crippen MR) is 126 cm³/mol. The molecule has 0 heterocycles. The van der Waals surface area contributed by atoms with E-state index >= 15 is 0 Å². The third kappa shape index (κ3) is 11.1. The lowest BCUT2D eigenvalue weighted by Crippen LogP contribution is -2.19. The standard InChI is InChI=1S/C19H20N2O5.C4H10.CH4O/c1-12(2)26-18(23)14-6-10-16(11-7-14)21-19(24)20-15-8-4-13(5-9-15)17(22)25-3;1-3-4-2;1-2/h4-12H,1-3H3,(H2,20,21,24);3-4H2,1-2H3;2H,1H3. The van der Waals surface area contributed by atoms with Gasteiger partial charge in [-0.3, -0.25) is 0 Å². The lowest BCUT2D eigenvalue weighted by molar-refractivity contribution is 0.0377. The molecule has 0 aromatic heterocycles. The topological polar surface area (TPSA) is 114 Å². The summed E-state index contributed by atoms with van der Waals surface area (Å²) in [6.45, 7) is 7.91. The van der Waals surface area contributed by atoms with Gasteiger partial charge in [-0.2, -0.15) is 0 Å². The molecular weight excluding hydrogens is 412 g/mol. The summed E-state index contributed by atoms with van der Waals surface area (Å²) in [5.74, 6) is -0.862. The molecule has 176 valence electrons. The molecule has 2 rings (SSSR count). The average molecular weight is 447 g/mol. The molecule has 2 aromatic carbocycles.